The zero-order chi connectivity index (χ0) is 18.1. The van der Waals surface area contributed by atoms with Crippen molar-refractivity contribution < 1.29 is 18.3 Å². The molecule has 0 saturated heterocycles. The molecule has 1 aliphatic rings. The van der Waals surface area contributed by atoms with Gasteiger partial charge in [0.15, 0.2) is 5.70 Å². The smallest absolute Gasteiger partial charge is 0.363 e. The van der Waals surface area contributed by atoms with Crippen molar-refractivity contribution >= 4 is 29.5 Å². The quantitative estimate of drug-likeness (QED) is 0.479. The Balaban J connectivity index is 1.62. The van der Waals surface area contributed by atoms with Gasteiger partial charge < -0.3 is 9.15 Å². The van der Waals surface area contributed by atoms with Gasteiger partial charge in [0.05, 0.1) is 0 Å². The Morgan fingerprint density at radius 3 is 2.58 bits per heavy atom. The molecule has 3 aromatic rings. The van der Waals surface area contributed by atoms with Gasteiger partial charge in [-0.15, -0.1) is 0 Å². The van der Waals surface area contributed by atoms with Crippen LogP contribution in [0, 0.1) is 5.82 Å². The summed E-state index contributed by atoms with van der Waals surface area (Å²) in [5.41, 5.74) is 1.33. The van der Waals surface area contributed by atoms with Crippen LogP contribution in [0.2, 0.25) is 5.02 Å². The molecule has 0 fully saturated rings. The van der Waals surface area contributed by atoms with E-state index in [1.54, 1.807) is 30.3 Å². The van der Waals surface area contributed by atoms with E-state index in [0.29, 0.717) is 22.1 Å². The molecule has 0 saturated carbocycles. The summed E-state index contributed by atoms with van der Waals surface area (Å²) < 4.78 is 24.2. The summed E-state index contributed by atoms with van der Waals surface area (Å²) in [6.07, 6.45) is 1.48. The van der Waals surface area contributed by atoms with Gasteiger partial charge in [-0.1, -0.05) is 17.7 Å². The van der Waals surface area contributed by atoms with E-state index in [2.05, 4.69) is 4.99 Å². The molecule has 2 aromatic carbocycles. The lowest BCUT2D eigenvalue weighted by Gasteiger charge is -1.98. The number of halogens is 2. The van der Waals surface area contributed by atoms with Gasteiger partial charge in [-0.05, 0) is 54.6 Å². The number of carbonyl (C=O) groups is 1. The van der Waals surface area contributed by atoms with Crippen LogP contribution in [0.25, 0.3) is 17.4 Å². The van der Waals surface area contributed by atoms with Crippen LogP contribution >= 0.6 is 11.6 Å². The highest BCUT2D eigenvalue weighted by Gasteiger charge is 2.24. The van der Waals surface area contributed by atoms with E-state index in [1.807, 2.05) is 12.1 Å². The Bertz CT molecular complexity index is 1050. The van der Waals surface area contributed by atoms with E-state index in [0.717, 1.165) is 5.56 Å². The van der Waals surface area contributed by atoms with Gasteiger partial charge in [0.25, 0.3) is 0 Å². The fourth-order valence-electron chi connectivity index (χ4n) is 2.49. The highest BCUT2D eigenvalue weighted by molar-refractivity contribution is 6.30. The molecule has 0 aliphatic carbocycles. The van der Waals surface area contributed by atoms with Crippen molar-refractivity contribution in [3.8, 4) is 11.3 Å². The molecule has 4 nitrogen and oxygen atoms in total. The monoisotopic (exact) mass is 367 g/mol. The third-order valence-corrected chi connectivity index (χ3v) is 3.98. The van der Waals surface area contributed by atoms with Crippen molar-refractivity contribution in [3.63, 3.8) is 0 Å². The molecule has 0 spiro atoms. The molecule has 0 bridgehead atoms. The number of nitrogens with zero attached hydrogens (tertiary/aromatic N) is 1. The van der Waals surface area contributed by atoms with E-state index >= 15 is 0 Å². The van der Waals surface area contributed by atoms with Gasteiger partial charge in [-0.3, -0.25) is 0 Å². The second-order valence-corrected chi connectivity index (χ2v) is 5.99. The van der Waals surface area contributed by atoms with E-state index in [1.165, 1.54) is 24.3 Å². The van der Waals surface area contributed by atoms with E-state index in [-0.39, 0.29) is 11.6 Å². The molecule has 0 radical (unpaired) electrons. The van der Waals surface area contributed by atoms with Gasteiger partial charge in [0.2, 0.25) is 5.90 Å². The maximum atomic E-state index is 13.3. The summed E-state index contributed by atoms with van der Waals surface area (Å²) >= 11 is 5.88. The minimum Gasteiger partial charge on any atom is -0.457 e. The second kappa shape index (κ2) is 6.61. The van der Waals surface area contributed by atoms with Crippen molar-refractivity contribution in [2.24, 2.45) is 4.99 Å². The molecule has 1 aliphatic heterocycles. The first-order valence-electron chi connectivity index (χ1n) is 7.73. The molecule has 0 N–H and O–H groups in total. The summed E-state index contributed by atoms with van der Waals surface area (Å²) in [6, 6.07) is 16.4. The minimum absolute atomic E-state index is 0.0604. The maximum absolute atomic E-state index is 13.3. The zero-order valence-corrected chi connectivity index (χ0v) is 14.0. The third-order valence-electron chi connectivity index (χ3n) is 3.73. The molecule has 1 aromatic heterocycles. The van der Waals surface area contributed by atoms with Crippen molar-refractivity contribution in [1.29, 1.82) is 0 Å². The van der Waals surface area contributed by atoms with Gasteiger partial charge in [0.1, 0.15) is 17.3 Å². The maximum Gasteiger partial charge on any atom is 0.363 e. The molecule has 0 amide bonds. The van der Waals surface area contributed by atoms with Crippen LogP contribution in [0.1, 0.15) is 11.3 Å². The van der Waals surface area contributed by atoms with Gasteiger partial charge in [0, 0.05) is 22.2 Å². The lowest BCUT2D eigenvalue weighted by atomic mass is 10.2. The Labute approximate surface area is 153 Å². The summed E-state index contributed by atoms with van der Waals surface area (Å²) in [6.45, 7) is 0. The van der Waals surface area contributed by atoms with E-state index < -0.39 is 11.8 Å². The number of rotatable bonds is 3. The van der Waals surface area contributed by atoms with Crippen molar-refractivity contribution in [1.82, 2.24) is 0 Å². The highest BCUT2D eigenvalue weighted by atomic mass is 35.5. The van der Waals surface area contributed by atoms with Crippen LogP contribution in [0.5, 0.6) is 0 Å². The van der Waals surface area contributed by atoms with Crippen LogP contribution in [0.4, 0.5) is 4.39 Å². The number of hydrogen-bond donors (Lipinski definition) is 0. The number of aliphatic imine (C=N–C) groups is 1. The fraction of sp³-hybridized carbons (Fsp3) is 0. The summed E-state index contributed by atoms with van der Waals surface area (Å²) in [7, 11) is 0. The van der Waals surface area contributed by atoms with Crippen LogP contribution in [-0.2, 0) is 9.53 Å². The minimum atomic E-state index is -0.617. The Morgan fingerprint density at radius 1 is 1.00 bits per heavy atom. The number of benzene rings is 2. The first kappa shape index (κ1) is 16.3. The van der Waals surface area contributed by atoms with Crippen LogP contribution < -0.4 is 0 Å². The first-order valence-corrected chi connectivity index (χ1v) is 8.10. The standard InChI is InChI=1S/C20H11ClFNO3/c21-14-6-4-12(5-7-14)18-9-8-16(25-18)11-17-20(24)26-19(23-17)13-2-1-3-15(22)10-13/h1-11H/b17-11-. The third kappa shape index (κ3) is 3.30. The van der Waals surface area contributed by atoms with Gasteiger partial charge in [-0.2, -0.15) is 0 Å². The predicted octanol–water partition coefficient (Wildman–Crippen LogP) is 5.08. The first-order chi connectivity index (χ1) is 12.6. The van der Waals surface area contributed by atoms with Crippen molar-refractivity contribution in [2.75, 3.05) is 0 Å². The summed E-state index contributed by atoms with van der Waals surface area (Å²) in [5.74, 6) is 0.0941. The number of cyclic esters (lactones) is 1. The molecule has 6 heteroatoms. The normalized spacial score (nSPS) is 15.2. The average Bonchev–Trinajstić information content (AvgIpc) is 3.23. The predicted molar refractivity (Wildman–Crippen MR) is 96.2 cm³/mol. The molecule has 26 heavy (non-hydrogen) atoms. The topological polar surface area (TPSA) is 51.8 Å². The zero-order valence-electron chi connectivity index (χ0n) is 13.3. The number of carbonyl (C=O) groups excluding carboxylic acids is 1. The molecule has 4 rings (SSSR count). The summed E-state index contributed by atoms with van der Waals surface area (Å²) in [5, 5.41) is 0.635. The van der Waals surface area contributed by atoms with Crippen molar-refractivity contribution in [2.45, 2.75) is 0 Å². The lowest BCUT2D eigenvalue weighted by molar-refractivity contribution is -0.129. The second-order valence-electron chi connectivity index (χ2n) is 5.56. The van der Waals surface area contributed by atoms with Crippen molar-refractivity contribution in [3.05, 3.63) is 88.5 Å². The fourth-order valence-corrected chi connectivity index (χ4v) is 2.61. The van der Waals surface area contributed by atoms with Gasteiger partial charge >= 0.3 is 5.97 Å². The number of esters is 1. The van der Waals surface area contributed by atoms with Crippen LogP contribution in [0.15, 0.2) is 75.8 Å². The SMILES string of the molecule is O=C1OC(c2cccc(F)c2)=N/C1=C\c1ccc(-c2ccc(Cl)cc2)o1. The number of ether oxygens (including phenoxy) is 1. The van der Waals surface area contributed by atoms with Crippen LogP contribution in [-0.4, -0.2) is 11.9 Å². The molecule has 0 unspecified atom stereocenters. The highest BCUT2D eigenvalue weighted by Crippen LogP contribution is 2.26. The van der Waals surface area contributed by atoms with E-state index in [9.17, 15) is 9.18 Å². The molecule has 128 valence electrons. The summed E-state index contributed by atoms with van der Waals surface area (Å²) in [4.78, 5) is 16.1. The average molecular weight is 368 g/mol. The Morgan fingerprint density at radius 2 is 1.81 bits per heavy atom. The Kier molecular flexibility index (Phi) is 4.14. The molecule has 2 heterocycles. The van der Waals surface area contributed by atoms with E-state index in [4.69, 9.17) is 20.8 Å². The molecule has 0 atom stereocenters. The largest absolute Gasteiger partial charge is 0.457 e. The molecular formula is C20H11ClFNO3. The molecular weight excluding hydrogens is 357 g/mol. The van der Waals surface area contributed by atoms with Crippen LogP contribution in [0.3, 0.4) is 0 Å². The number of hydrogen-bond acceptors (Lipinski definition) is 4. The number of furan rings is 1. The Hall–Kier alpha value is -3.18. The van der Waals surface area contributed by atoms with Gasteiger partial charge in [-0.25, -0.2) is 14.2 Å². The lowest BCUT2D eigenvalue weighted by Crippen LogP contribution is -2.05.